The summed E-state index contributed by atoms with van der Waals surface area (Å²) in [4.78, 5) is 12.9. The van der Waals surface area contributed by atoms with Gasteiger partial charge in [-0.3, -0.25) is 4.90 Å². The van der Waals surface area contributed by atoms with E-state index in [1.54, 1.807) is 0 Å². The fourth-order valence-electron chi connectivity index (χ4n) is 4.65. The third-order valence-corrected chi connectivity index (χ3v) is 12.8. The quantitative estimate of drug-likeness (QED) is 0.220. The minimum atomic E-state index is -1.80. The summed E-state index contributed by atoms with van der Waals surface area (Å²) in [5, 5.41) is 12.5. The largest absolute Gasteiger partial charge is 0.416 e. The van der Waals surface area contributed by atoms with Gasteiger partial charge in [-0.15, -0.1) is 0 Å². The van der Waals surface area contributed by atoms with Crippen LogP contribution in [0.2, 0.25) is 23.3 Å². The van der Waals surface area contributed by atoms with E-state index in [1.165, 1.54) is 6.33 Å². The van der Waals surface area contributed by atoms with Crippen LogP contribution in [-0.4, -0.2) is 65.5 Å². The first-order valence-electron chi connectivity index (χ1n) is 13.1. The molecule has 1 aliphatic rings. The van der Waals surface area contributed by atoms with E-state index < -0.39 is 14.7 Å². The number of hydrogen-bond donors (Lipinski definition) is 1. The van der Waals surface area contributed by atoms with Gasteiger partial charge in [0.1, 0.15) is 17.1 Å². The molecule has 1 atom stereocenters. The number of anilines is 1. The maximum Gasteiger partial charge on any atom is 0.192 e. The number of benzene rings is 2. The first-order valence-corrected chi connectivity index (χ1v) is 16.4. The van der Waals surface area contributed by atoms with Crippen LogP contribution in [-0.2, 0) is 4.43 Å². The average molecular weight is 550 g/mol. The summed E-state index contributed by atoms with van der Waals surface area (Å²) in [5.41, 5.74) is 4.72. The van der Waals surface area contributed by atoms with E-state index in [9.17, 15) is 5.11 Å². The standard InChI is InChI=1S/C29H36ClN5O2Si/c1-29(2,3)38(4,5)37-18-17-33-15-16-34(28(33)36)23-13-11-21(12-14-23)24-19-35(22-9-7-6-8-10-22)27-25(24)26(30)31-20-32-27/h6-14,19-20,28,36H,15-18H2,1-5H3. The van der Waals surface area contributed by atoms with Crippen LogP contribution in [0.25, 0.3) is 27.8 Å². The van der Waals surface area contributed by atoms with Gasteiger partial charge in [0.25, 0.3) is 0 Å². The molecule has 4 aromatic rings. The molecule has 0 saturated carbocycles. The maximum atomic E-state index is 11.1. The van der Waals surface area contributed by atoms with Gasteiger partial charge < -0.3 is 19.0 Å². The molecule has 0 radical (unpaired) electrons. The minimum Gasteiger partial charge on any atom is -0.416 e. The van der Waals surface area contributed by atoms with Crippen LogP contribution in [0, 0.1) is 0 Å². The highest BCUT2D eigenvalue weighted by Crippen LogP contribution is 2.37. The molecule has 3 heterocycles. The number of aromatic nitrogens is 3. The fraction of sp³-hybridized carbons (Fsp3) is 0.379. The summed E-state index contributed by atoms with van der Waals surface area (Å²) in [6, 6.07) is 18.3. The molecule has 1 saturated heterocycles. The average Bonchev–Trinajstić information content (AvgIpc) is 3.46. The Morgan fingerprint density at radius 1 is 1.00 bits per heavy atom. The molecular formula is C29H36ClN5O2Si. The second-order valence-electron chi connectivity index (χ2n) is 11.3. The van der Waals surface area contributed by atoms with Crippen molar-refractivity contribution in [1.29, 1.82) is 0 Å². The van der Waals surface area contributed by atoms with Crippen LogP contribution in [0.5, 0.6) is 0 Å². The van der Waals surface area contributed by atoms with Crippen LogP contribution in [0.4, 0.5) is 5.69 Å². The molecule has 0 spiro atoms. The Hall–Kier alpha value is -2.75. The molecule has 5 rings (SSSR count). The topological polar surface area (TPSA) is 66.7 Å². The Labute approximate surface area is 230 Å². The zero-order valence-electron chi connectivity index (χ0n) is 22.7. The second kappa shape index (κ2) is 10.4. The van der Waals surface area contributed by atoms with E-state index in [-0.39, 0.29) is 5.04 Å². The lowest BCUT2D eigenvalue weighted by atomic mass is 10.1. The highest BCUT2D eigenvalue weighted by atomic mass is 35.5. The number of hydrogen-bond acceptors (Lipinski definition) is 6. The van der Waals surface area contributed by atoms with Crippen LogP contribution in [0.1, 0.15) is 20.8 Å². The Balaban J connectivity index is 1.34. The molecule has 1 unspecified atom stereocenters. The Morgan fingerprint density at radius 2 is 1.71 bits per heavy atom. The van der Waals surface area contributed by atoms with E-state index in [4.69, 9.17) is 16.0 Å². The minimum absolute atomic E-state index is 0.175. The molecule has 1 fully saturated rings. The Morgan fingerprint density at radius 3 is 2.39 bits per heavy atom. The summed E-state index contributed by atoms with van der Waals surface area (Å²) in [6.07, 6.45) is 2.88. The van der Waals surface area contributed by atoms with E-state index in [1.807, 2.05) is 39.8 Å². The number of halogens is 1. The van der Waals surface area contributed by atoms with Crippen molar-refractivity contribution in [2.75, 3.05) is 31.1 Å². The van der Waals surface area contributed by atoms with Crippen molar-refractivity contribution in [3.63, 3.8) is 0 Å². The number of para-hydroxylation sites is 1. The van der Waals surface area contributed by atoms with E-state index in [0.717, 1.165) is 46.6 Å². The first kappa shape index (κ1) is 26.8. The molecule has 0 bridgehead atoms. The summed E-state index contributed by atoms with van der Waals surface area (Å²) in [5.74, 6) is 0. The molecule has 2 aromatic carbocycles. The summed E-state index contributed by atoms with van der Waals surface area (Å²) in [6.45, 7) is 14.2. The van der Waals surface area contributed by atoms with Crippen molar-refractivity contribution in [2.24, 2.45) is 0 Å². The zero-order chi connectivity index (χ0) is 27.1. The Bertz CT molecular complexity index is 1400. The molecule has 200 valence electrons. The number of aliphatic hydroxyl groups is 1. The first-order chi connectivity index (χ1) is 18.1. The van der Waals surface area contributed by atoms with Crippen LogP contribution in [0.3, 0.4) is 0 Å². The summed E-state index contributed by atoms with van der Waals surface area (Å²) >= 11 is 6.56. The van der Waals surface area contributed by atoms with Crippen molar-refractivity contribution in [1.82, 2.24) is 19.4 Å². The van der Waals surface area contributed by atoms with Gasteiger partial charge in [0, 0.05) is 49.4 Å². The lowest BCUT2D eigenvalue weighted by Crippen LogP contribution is -2.44. The van der Waals surface area contributed by atoms with Crippen molar-refractivity contribution in [3.05, 3.63) is 72.3 Å². The highest BCUT2D eigenvalue weighted by molar-refractivity contribution is 6.74. The van der Waals surface area contributed by atoms with Crippen molar-refractivity contribution in [3.8, 4) is 16.8 Å². The van der Waals surface area contributed by atoms with Crippen molar-refractivity contribution < 1.29 is 9.53 Å². The maximum absolute atomic E-state index is 11.1. The lowest BCUT2D eigenvalue weighted by molar-refractivity contribution is 0.0302. The lowest BCUT2D eigenvalue weighted by Gasteiger charge is -2.37. The van der Waals surface area contributed by atoms with Crippen LogP contribution < -0.4 is 4.90 Å². The zero-order valence-corrected chi connectivity index (χ0v) is 24.5. The van der Waals surface area contributed by atoms with Gasteiger partial charge in [0.05, 0.1) is 5.39 Å². The van der Waals surface area contributed by atoms with E-state index in [2.05, 4.69) is 79.2 Å². The van der Waals surface area contributed by atoms with Crippen LogP contribution in [0.15, 0.2) is 67.1 Å². The third kappa shape index (κ3) is 5.11. The molecule has 7 nitrogen and oxygen atoms in total. The number of fused-ring (bicyclic) bond motifs is 1. The molecule has 2 aromatic heterocycles. The van der Waals surface area contributed by atoms with Gasteiger partial charge in [0.15, 0.2) is 14.7 Å². The fourth-order valence-corrected chi connectivity index (χ4v) is 5.91. The predicted molar refractivity (Wildman–Crippen MR) is 157 cm³/mol. The molecule has 0 aliphatic carbocycles. The summed E-state index contributed by atoms with van der Waals surface area (Å²) in [7, 11) is -1.80. The number of nitrogens with zero attached hydrogens (tertiary/aromatic N) is 5. The normalized spacial score (nSPS) is 17.0. The van der Waals surface area contributed by atoms with Gasteiger partial charge in [-0.05, 0) is 48.0 Å². The second-order valence-corrected chi connectivity index (χ2v) is 16.5. The Kier molecular flexibility index (Phi) is 7.37. The monoisotopic (exact) mass is 549 g/mol. The molecule has 38 heavy (non-hydrogen) atoms. The smallest absolute Gasteiger partial charge is 0.192 e. The van der Waals surface area contributed by atoms with E-state index in [0.29, 0.717) is 18.3 Å². The van der Waals surface area contributed by atoms with Gasteiger partial charge in [0.2, 0.25) is 0 Å². The van der Waals surface area contributed by atoms with Gasteiger partial charge in [-0.2, -0.15) is 0 Å². The highest BCUT2D eigenvalue weighted by Gasteiger charge is 2.37. The molecule has 1 N–H and O–H groups in total. The predicted octanol–water partition coefficient (Wildman–Crippen LogP) is 6.16. The van der Waals surface area contributed by atoms with Gasteiger partial charge >= 0.3 is 0 Å². The van der Waals surface area contributed by atoms with Crippen molar-refractivity contribution in [2.45, 2.75) is 45.3 Å². The van der Waals surface area contributed by atoms with Crippen LogP contribution >= 0.6 is 11.6 Å². The molecule has 9 heteroatoms. The third-order valence-electron chi connectivity index (χ3n) is 7.96. The van der Waals surface area contributed by atoms with Gasteiger partial charge in [-0.25, -0.2) is 9.97 Å². The molecule has 0 amide bonds. The van der Waals surface area contributed by atoms with Crippen molar-refractivity contribution >= 4 is 36.6 Å². The van der Waals surface area contributed by atoms with Gasteiger partial charge in [-0.1, -0.05) is 62.7 Å². The molecular weight excluding hydrogens is 514 g/mol. The molecule has 1 aliphatic heterocycles. The summed E-state index contributed by atoms with van der Waals surface area (Å²) < 4.78 is 8.37. The van der Waals surface area contributed by atoms with E-state index >= 15 is 0 Å². The number of aliphatic hydroxyl groups excluding tert-OH is 1. The number of rotatable bonds is 7. The SMILES string of the molecule is CC(C)(C)[Si](C)(C)OCCN1CCN(c2ccc(-c3cn(-c4ccccc4)c4ncnc(Cl)c34)cc2)C1O.